The number of aliphatic hydroxyl groups excluding tert-OH is 1. The topological polar surface area (TPSA) is 91.6 Å². The molecule has 0 bridgehead atoms. The number of nitrogens with one attached hydrogen (secondary N) is 1. The van der Waals surface area contributed by atoms with Gasteiger partial charge in [-0.25, -0.2) is 4.98 Å². The minimum atomic E-state index is -0.629. The van der Waals surface area contributed by atoms with Crippen molar-refractivity contribution in [2.24, 2.45) is 0 Å². The van der Waals surface area contributed by atoms with E-state index in [1.807, 2.05) is 12.1 Å². The van der Waals surface area contributed by atoms with E-state index in [1.54, 1.807) is 17.6 Å². The van der Waals surface area contributed by atoms with Crippen molar-refractivity contribution in [2.45, 2.75) is 58.3 Å². The lowest BCUT2D eigenvalue weighted by molar-refractivity contribution is 0.00353. The number of nitrogens with zero attached hydrogens (tertiary/aromatic N) is 2. The first-order valence-electron chi connectivity index (χ1n) is 10.7. The molecule has 1 aliphatic carbocycles. The number of aromatic nitrogens is 2. The third kappa shape index (κ3) is 5.00. The summed E-state index contributed by atoms with van der Waals surface area (Å²) >= 11 is 1.66. The van der Waals surface area contributed by atoms with Crippen molar-refractivity contribution >= 4 is 21.6 Å². The second-order valence-electron chi connectivity index (χ2n) is 7.89. The van der Waals surface area contributed by atoms with Gasteiger partial charge in [-0.1, -0.05) is 6.92 Å². The Morgan fingerprint density at radius 2 is 2.27 bits per heavy atom. The molecule has 0 fully saturated rings. The van der Waals surface area contributed by atoms with Crippen molar-refractivity contribution in [3.05, 3.63) is 50.8 Å². The first kappa shape index (κ1) is 21.2. The molecule has 2 N–H and O–H groups in total. The van der Waals surface area contributed by atoms with Crippen LogP contribution in [0.4, 0.5) is 0 Å². The van der Waals surface area contributed by atoms with E-state index in [9.17, 15) is 9.90 Å². The number of aromatic amines is 1. The third-order valence-electron chi connectivity index (χ3n) is 5.39. The van der Waals surface area contributed by atoms with Crippen LogP contribution in [0.25, 0.3) is 10.2 Å². The maximum atomic E-state index is 12.8. The number of furan rings is 1. The van der Waals surface area contributed by atoms with Gasteiger partial charge in [0.1, 0.15) is 23.0 Å². The van der Waals surface area contributed by atoms with Crippen LogP contribution in [0.15, 0.2) is 27.6 Å². The highest BCUT2D eigenvalue weighted by atomic mass is 32.1. The molecule has 0 aromatic carbocycles. The maximum absolute atomic E-state index is 12.8. The van der Waals surface area contributed by atoms with Crippen molar-refractivity contribution in [2.75, 3.05) is 19.7 Å². The number of ether oxygens (including phenoxy) is 1. The lowest BCUT2D eigenvalue weighted by atomic mass is 9.97. The van der Waals surface area contributed by atoms with E-state index >= 15 is 0 Å². The Labute approximate surface area is 179 Å². The first-order chi connectivity index (χ1) is 14.6. The molecule has 30 heavy (non-hydrogen) atoms. The second kappa shape index (κ2) is 9.87. The molecule has 0 amide bonds. The van der Waals surface area contributed by atoms with Gasteiger partial charge >= 0.3 is 0 Å². The summed E-state index contributed by atoms with van der Waals surface area (Å²) in [6, 6.07) is 3.66. The van der Waals surface area contributed by atoms with E-state index in [2.05, 4.69) is 16.8 Å². The van der Waals surface area contributed by atoms with Crippen molar-refractivity contribution in [1.29, 1.82) is 0 Å². The molecule has 162 valence electrons. The van der Waals surface area contributed by atoms with Gasteiger partial charge in [-0.2, -0.15) is 0 Å². The number of H-pyrrole nitrogens is 1. The smallest absolute Gasteiger partial charge is 0.259 e. The Morgan fingerprint density at radius 1 is 1.40 bits per heavy atom. The van der Waals surface area contributed by atoms with Crippen LogP contribution < -0.4 is 5.56 Å². The summed E-state index contributed by atoms with van der Waals surface area (Å²) in [5.74, 6) is 1.39. The lowest BCUT2D eigenvalue weighted by Crippen LogP contribution is -2.36. The zero-order valence-electron chi connectivity index (χ0n) is 17.4. The highest BCUT2D eigenvalue weighted by molar-refractivity contribution is 7.18. The van der Waals surface area contributed by atoms with E-state index < -0.39 is 6.10 Å². The first-order valence-corrected chi connectivity index (χ1v) is 11.5. The third-order valence-corrected chi connectivity index (χ3v) is 6.58. The maximum Gasteiger partial charge on any atom is 0.259 e. The molecule has 8 heteroatoms. The number of aryl methyl sites for hydroxylation is 2. The molecule has 1 aliphatic rings. The number of hydrogen-bond donors (Lipinski definition) is 2. The molecular formula is C22H29N3O4S. The molecule has 1 atom stereocenters. The Balaban J connectivity index is 1.40. The van der Waals surface area contributed by atoms with Crippen LogP contribution >= 0.6 is 11.3 Å². The Morgan fingerprint density at radius 3 is 3.07 bits per heavy atom. The molecule has 0 radical (unpaired) electrons. The Kier molecular flexibility index (Phi) is 6.99. The van der Waals surface area contributed by atoms with E-state index in [-0.39, 0.29) is 12.2 Å². The largest absolute Gasteiger partial charge is 0.467 e. The molecular weight excluding hydrogens is 402 g/mol. The van der Waals surface area contributed by atoms with Crippen LogP contribution in [-0.2, 0) is 30.7 Å². The highest BCUT2D eigenvalue weighted by Crippen LogP contribution is 2.33. The van der Waals surface area contributed by atoms with Crippen molar-refractivity contribution in [3.8, 4) is 0 Å². The normalized spacial score (nSPS) is 15.0. The minimum Gasteiger partial charge on any atom is -0.467 e. The van der Waals surface area contributed by atoms with Gasteiger partial charge < -0.3 is 19.2 Å². The Hall–Kier alpha value is -2.00. The summed E-state index contributed by atoms with van der Waals surface area (Å²) in [7, 11) is 0. The van der Waals surface area contributed by atoms with Gasteiger partial charge in [0, 0.05) is 11.4 Å². The van der Waals surface area contributed by atoms with Crippen LogP contribution in [0.2, 0.25) is 0 Å². The molecule has 0 aliphatic heterocycles. The van der Waals surface area contributed by atoms with Gasteiger partial charge in [0.25, 0.3) is 5.56 Å². The molecule has 7 nitrogen and oxygen atoms in total. The van der Waals surface area contributed by atoms with Gasteiger partial charge in [-0.15, -0.1) is 11.3 Å². The predicted molar refractivity (Wildman–Crippen MR) is 117 cm³/mol. The fourth-order valence-corrected chi connectivity index (χ4v) is 5.37. The van der Waals surface area contributed by atoms with Gasteiger partial charge in [-0.05, 0) is 56.3 Å². The molecule has 0 spiro atoms. The number of aliphatic hydroxyl groups is 1. The van der Waals surface area contributed by atoms with E-state index in [0.29, 0.717) is 25.5 Å². The summed E-state index contributed by atoms with van der Waals surface area (Å²) in [4.78, 5) is 24.8. The summed E-state index contributed by atoms with van der Waals surface area (Å²) < 4.78 is 10.8. The van der Waals surface area contributed by atoms with Gasteiger partial charge in [0.15, 0.2) is 0 Å². The highest BCUT2D eigenvalue weighted by Gasteiger charge is 2.20. The standard InChI is InChI=1S/C22H29N3O4S/c1-2-9-25(11-15(26)13-28-14-16-6-5-10-29-16)12-19-23-21(27)20-17-7-3-4-8-18(17)30-22(20)24-19/h5-6,10,15,26H,2-4,7-9,11-14H2,1H3,(H,23,24,27). The molecule has 1 unspecified atom stereocenters. The monoisotopic (exact) mass is 431 g/mol. The average molecular weight is 432 g/mol. The minimum absolute atomic E-state index is 0.0341. The van der Waals surface area contributed by atoms with Crippen LogP contribution in [0.1, 0.15) is 48.2 Å². The zero-order chi connectivity index (χ0) is 20.9. The number of fused-ring (bicyclic) bond motifs is 3. The average Bonchev–Trinajstić information content (AvgIpc) is 3.35. The molecule has 3 aromatic heterocycles. The van der Waals surface area contributed by atoms with Crippen molar-refractivity contribution < 1.29 is 14.3 Å². The Bertz CT molecular complexity index is 1010. The number of hydrogen-bond acceptors (Lipinski definition) is 7. The second-order valence-corrected chi connectivity index (χ2v) is 8.97. The van der Waals surface area contributed by atoms with Crippen LogP contribution in [-0.4, -0.2) is 45.8 Å². The predicted octanol–water partition coefficient (Wildman–Crippen LogP) is 3.25. The van der Waals surface area contributed by atoms with Gasteiger partial charge in [0.2, 0.25) is 0 Å². The quantitative estimate of drug-likeness (QED) is 0.512. The SMILES string of the molecule is CCCN(Cc1nc2sc3c(c2c(=O)[nH]1)CCCC3)CC(O)COCc1ccco1. The summed E-state index contributed by atoms with van der Waals surface area (Å²) in [6.45, 7) is 4.41. The fourth-order valence-electron chi connectivity index (χ4n) is 4.09. The van der Waals surface area contributed by atoms with E-state index in [4.69, 9.17) is 14.1 Å². The van der Waals surface area contributed by atoms with Crippen molar-refractivity contribution in [1.82, 2.24) is 14.9 Å². The zero-order valence-corrected chi connectivity index (χ0v) is 18.2. The summed E-state index contributed by atoms with van der Waals surface area (Å²) in [6.07, 6.45) is 6.28. The lowest BCUT2D eigenvalue weighted by Gasteiger charge is -2.24. The summed E-state index contributed by atoms with van der Waals surface area (Å²) in [5.41, 5.74) is 1.17. The van der Waals surface area contributed by atoms with Crippen LogP contribution in [0, 0.1) is 0 Å². The molecule has 3 aromatic rings. The van der Waals surface area contributed by atoms with Crippen LogP contribution in [0.3, 0.4) is 0 Å². The van der Waals surface area contributed by atoms with Crippen LogP contribution in [0.5, 0.6) is 0 Å². The molecule has 3 heterocycles. The fraction of sp³-hybridized carbons (Fsp3) is 0.545. The van der Waals surface area contributed by atoms with E-state index in [0.717, 1.165) is 48.2 Å². The van der Waals surface area contributed by atoms with Gasteiger partial charge in [0.05, 0.1) is 30.9 Å². The summed E-state index contributed by atoms with van der Waals surface area (Å²) in [5, 5.41) is 11.2. The number of thiophene rings is 1. The van der Waals surface area contributed by atoms with Gasteiger partial charge in [-0.3, -0.25) is 9.69 Å². The molecule has 4 rings (SSSR count). The van der Waals surface area contributed by atoms with Crippen molar-refractivity contribution in [3.63, 3.8) is 0 Å². The van der Waals surface area contributed by atoms with E-state index in [1.165, 1.54) is 16.9 Å². The molecule has 0 saturated heterocycles. The molecule has 0 saturated carbocycles. The number of rotatable bonds is 10.